The molecule has 0 amide bonds. The standard InChI is InChI=1S/C16H15N7O/c1-17-7-6-11-15(18-2)13(10-8-19-21-16(10)20-11)9-4-3-5-12-14(9)23-24-22-12/h3-5,8,13,17H,6-7H2,1H3,(H2,19,20,21). The van der Waals surface area contributed by atoms with Crippen molar-refractivity contribution in [3.05, 3.63) is 58.3 Å². The van der Waals surface area contributed by atoms with Gasteiger partial charge in [-0.05, 0) is 42.0 Å². The molecule has 1 unspecified atom stereocenters. The molecule has 2 aromatic heterocycles. The van der Waals surface area contributed by atoms with E-state index in [-0.39, 0.29) is 5.92 Å². The van der Waals surface area contributed by atoms with E-state index in [1.165, 1.54) is 0 Å². The highest BCUT2D eigenvalue weighted by Crippen LogP contribution is 2.43. The van der Waals surface area contributed by atoms with Crippen molar-refractivity contribution < 1.29 is 4.63 Å². The van der Waals surface area contributed by atoms with Gasteiger partial charge >= 0.3 is 0 Å². The molecule has 3 N–H and O–H groups in total. The summed E-state index contributed by atoms with van der Waals surface area (Å²) < 4.78 is 4.88. The van der Waals surface area contributed by atoms with Crippen molar-refractivity contribution in [1.82, 2.24) is 25.8 Å². The first-order chi connectivity index (χ1) is 11.8. The van der Waals surface area contributed by atoms with Crippen LogP contribution in [0.4, 0.5) is 5.82 Å². The summed E-state index contributed by atoms with van der Waals surface area (Å²) in [5, 5.41) is 21.5. The van der Waals surface area contributed by atoms with Crippen molar-refractivity contribution in [2.24, 2.45) is 0 Å². The Labute approximate surface area is 137 Å². The van der Waals surface area contributed by atoms with E-state index in [2.05, 4.69) is 36.0 Å². The van der Waals surface area contributed by atoms with Crippen molar-refractivity contribution in [3.63, 3.8) is 0 Å². The molecule has 0 saturated carbocycles. The Balaban J connectivity index is 1.92. The largest absolute Gasteiger partial charge is 0.354 e. The van der Waals surface area contributed by atoms with Gasteiger partial charge in [-0.25, -0.2) is 9.47 Å². The fourth-order valence-corrected chi connectivity index (χ4v) is 3.10. The van der Waals surface area contributed by atoms with Crippen LogP contribution in [0.25, 0.3) is 15.9 Å². The summed E-state index contributed by atoms with van der Waals surface area (Å²) in [5.74, 6) is 0.562. The molecule has 0 saturated heterocycles. The lowest BCUT2D eigenvalue weighted by Gasteiger charge is -2.26. The van der Waals surface area contributed by atoms with E-state index in [4.69, 9.17) is 11.2 Å². The second-order valence-corrected chi connectivity index (χ2v) is 5.57. The third kappa shape index (κ3) is 2.14. The van der Waals surface area contributed by atoms with Crippen LogP contribution >= 0.6 is 0 Å². The molecule has 0 radical (unpaired) electrons. The van der Waals surface area contributed by atoms with Gasteiger partial charge in [0.15, 0.2) is 5.70 Å². The smallest absolute Gasteiger partial charge is 0.196 e. The first-order valence-corrected chi connectivity index (χ1v) is 7.60. The van der Waals surface area contributed by atoms with Gasteiger partial charge in [0.2, 0.25) is 0 Å². The Hall–Kier alpha value is -3.18. The fourth-order valence-electron chi connectivity index (χ4n) is 3.10. The summed E-state index contributed by atoms with van der Waals surface area (Å²) in [6.45, 7) is 8.50. The minimum atomic E-state index is -0.250. The molecule has 4 rings (SSSR count). The highest BCUT2D eigenvalue weighted by atomic mass is 16.6. The summed E-state index contributed by atoms with van der Waals surface area (Å²) in [6, 6.07) is 5.70. The number of benzene rings is 1. The van der Waals surface area contributed by atoms with Crippen LogP contribution in [0.5, 0.6) is 0 Å². The lowest BCUT2D eigenvalue weighted by atomic mass is 9.85. The molecule has 1 aliphatic rings. The minimum Gasteiger partial charge on any atom is -0.354 e. The summed E-state index contributed by atoms with van der Waals surface area (Å²) >= 11 is 0. The second-order valence-electron chi connectivity index (χ2n) is 5.57. The lowest BCUT2D eigenvalue weighted by molar-refractivity contribution is 0.315. The number of anilines is 1. The number of H-pyrrole nitrogens is 1. The molecule has 0 bridgehead atoms. The molecule has 8 heteroatoms. The Morgan fingerprint density at radius 2 is 2.25 bits per heavy atom. The maximum Gasteiger partial charge on any atom is 0.196 e. The van der Waals surface area contributed by atoms with Gasteiger partial charge in [-0.1, -0.05) is 12.1 Å². The third-order valence-electron chi connectivity index (χ3n) is 4.21. The van der Waals surface area contributed by atoms with Gasteiger partial charge in [-0.15, -0.1) is 0 Å². The Morgan fingerprint density at radius 3 is 3.08 bits per heavy atom. The van der Waals surface area contributed by atoms with Crippen LogP contribution in [0.2, 0.25) is 0 Å². The maximum absolute atomic E-state index is 7.72. The highest BCUT2D eigenvalue weighted by molar-refractivity contribution is 5.80. The Kier molecular flexibility index (Phi) is 3.48. The molecule has 120 valence electrons. The topological polar surface area (TPSA) is 96.0 Å². The number of hydrogen-bond donors (Lipinski definition) is 3. The van der Waals surface area contributed by atoms with Crippen LogP contribution in [0, 0.1) is 6.57 Å². The van der Waals surface area contributed by atoms with Crippen molar-refractivity contribution in [2.75, 3.05) is 18.9 Å². The number of nitrogens with zero attached hydrogens (tertiary/aromatic N) is 4. The Morgan fingerprint density at radius 1 is 1.33 bits per heavy atom. The number of allylic oxidation sites excluding steroid dienone is 1. The molecule has 1 aromatic carbocycles. The fraction of sp³-hybridized carbons (Fsp3) is 0.250. The third-order valence-corrected chi connectivity index (χ3v) is 4.21. The van der Waals surface area contributed by atoms with E-state index < -0.39 is 0 Å². The molecule has 0 aliphatic carbocycles. The molecule has 8 nitrogen and oxygen atoms in total. The van der Waals surface area contributed by atoms with Crippen LogP contribution in [0.1, 0.15) is 23.5 Å². The first kappa shape index (κ1) is 14.4. The number of rotatable bonds is 4. The number of fused-ring (bicyclic) bond motifs is 2. The van der Waals surface area contributed by atoms with E-state index >= 15 is 0 Å². The highest BCUT2D eigenvalue weighted by Gasteiger charge is 2.33. The van der Waals surface area contributed by atoms with Gasteiger partial charge in [-0.3, -0.25) is 5.10 Å². The average Bonchev–Trinajstić information content (AvgIpc) is 3.26. The SMILES string of the molecule is [C-]#[N+]C1=C(CCNC)Nc2[nH]ncc2C1c1cccc2nonc12. The maximum atomic E-state index is 7.72. The summed E-state index contributed by atoms with van der Waals surface area (Å²) in [4.78, 5) is 3.83. The van der Waals surface area contributed by atoms with Gasteiger partial charge < -0.3 is 10.6 Å². The van der Waals surface area contributed by atoms with Crippen LogP contribution in [0.3, 0.4) is 0 Å². The minimum absolute atomic E-state index is 0.250. The van der Waals surface area contributed by atoms with Crippen molar-refractivity contribution in [3.8, 4) is 0 Å². The number of aromatic amines is 1. The number of aromatic nitrogens is 4. The van der Waals surface area contributed by atoms with E-state index in [0.717, 1.165) is 35.6 Å². The summed E-state index contributed by atoms with van der Waals surface area (Å²) in [7, 11) is 1.89. The van der Waals surface area contributed by atoms with Gasteiger partial charge in [0.05, 0.1) is 18.7 Å². The second kappa shape index (κ2) is 5.79. The zero-order chi connectivity index (χ0) is 16.5. The molecule has 0 fully saturated rings. The Bertz CT molecular complexity index is 962. The van der Waals surface area contributed by atoms with Crippen molar-refractivity contribution >= 4 is 16.9 Å². The molecular formula is C16H15N7O. The van der Waals surface area contributed by atoms with E-state index in [1.807, 2.05) is 25.2 Å². The van der Waals surface area contributed by atoms with Crippen LogP contribution in [-0.2, 0) is 0 Å². The predicted molar refractivity (Wildman–Crippen MR) is 88.0 cm³/mol. The number of nitrogens with one attached hydrogen (secondary N) is 3. The first-order valence-electron chi connectivity index (χ1n) is 7.60. The quantitative estimate of drug-likeness (QED) is 0.638. The number of hydrogen-bond acceptors (Lipinski definition) is 6. The molecule has 24 heavy (non-hydrogen) atoms. The van der Waals surface area contributed by atoms with Gasteiger partial charge in [-0.2, -0.15) is 5.10 Å². The summed E-state index contributed by atoms with van der Waals surface area (Å²) in [6.07, 6.45) is 2.47. The zero-order valence-corrected chi connectivity index (χ0v) is 13.0. The molecule has 3 aromatic rings. The lowest BCUT2D eigenvalue weighted by Crippen LogP contribution is -2.20. The molecular weight excluding hydrogens is 306 g/mol. The molecule has 3 heterocycles. The van der Waals surface area contributed by atoms with Gasteiger partial charge in [0.25, 0.3) is 0 Å². The van der Waals surface area contributed by atoms with E-state index in [0.29, 0.717) is 16.7 Å². The molecule has 1 atom stereocenters. The molecule has 1 aliphatic heterocycles. The van der Waals surface area contributed by atoms with E-state index in [9.17, 15) is 0 Å². The van der Waals surface area contributed by atoms with Gasteiger partial charge in [0, 0.05) is 11.3 Å². The predicted octanol–water partition coefficient (Wildman–Crippen LogP) is 2.24. The van der Waals surface area contributed by atoms with E-state index in [1.54, 1.807) is 6.20 Å². The average molecular weight is 321 g/mol. The van der Waals surface area contributed by atoms with Gasteiger partial charge in [0.1, 0.15) is 16.9 Å². The summed E-state index contributed by atoms with van der Waals surface area (Å²) in [5.41, 5.74) is 4.70. The monoisotopic (exact) mass is 321 g/mol. The zero-order valence-electron chi connectivity index (χ0n) is 13.0. The van der Waals surface area contributed by atoms with Crippen molar-refractivity contribution in [1.29, 1.82) is 0 Å². The van der Waals surface area contributed by atoms with Crippen LogP contribution < -0.4 is 10.6 Å². The molecule has 0 spiro atoms. The van der Waals surface area contributed by atoms with Crippen molar-refractivity contribution in [2.45, 2.75) is 12.3 Å². The van der Waals surface area contributed by atoms with Crippen LogP contribution in [-0.4, -0.2) is 34.1 Å². The normalized spacial score (nSPS) is 16.8. The van der Waals surface area contributed by atoms with Crippen LogP contribution in [0.15, 0.2) is 40.4 Å².